The van der Waals surface area contributed by atoms with E-state index in [0.717, 1.165) is 5.69 Å². The number of hydrogen-bond acceptors (Lipinski definition) is 7. The number of carbonyl (C=O) groups is 2. The van der Waals surface area contributed by atoms with Crippen LogP contribution in [0.25, 0.3) is 0 Å². The molecule has 1 unspecified atom stereocenters. The normalized spacial score (nSPS) is 16.6. The minimum atomic E-state index is -3.37. The lowest BCUT2D eigenvalue weighted by atomic mass is 10.2. The molecule has 1 fully saturated rings. The summed E-state index contributed by atoms with van der Waals surface area (Å²) in [5, 5.41) is 2.63. The van der Waals surface area contributed by atoms with Crippen molar-refractivity contribution >= 4 is 30.8 Å². The van der Waals surface area contributed by atoms with Gasteiger partial charge in [-0.05, 0) is 24.3 Å². The van der Waals surface area contributed by atoms with Gasteiger partial charge in [0.05, 0.1) is 18.8 Å². The third-order valence-electron chi connectivity index (χ3n) is 3.75. The van der Waals surface area contributed by atoms with Gasteiger partial charge in [0.1, 0.15) is 6.61 Å². The van der Waals surface area contributed by atoms with Gasteiger partial charge in [-0.15, -0.1) is 0 Å². The first-order valence-electron chi connectivity index (χ1n) is 7.63. The fourth-order valence-electron chi connectivity index (χ4n) is 2.30. The zero-order valence-corrected chi connectivity index (χ0v) is 15.0. The van der Waals surface area contributed by atoms with Gasteiger partial charge in [0.25, 0.3) is 5.91 Å². The van der Waals surface area contributed by atoms with E-state index in [9.17, 15) is 14.2 Å². The summed E-state index contributed by atoms with van der Waals surface area (Å²) in [6.45, 7) is 1.03. The van der Waals surface area contributed by atoms with Gasteiger partial charge in [0, 0.05) is 32.1 Å². The summed E-state index contributed by atoms with van der Waals surface area (Å²) in [7, 11) is -0.898. The Labute approximate surface area is 145 Å². The van der Waals surface area contributed by atoms with E-state index in [4.69, 9.17) is 19.5 Å². The van der Waals surface area contributed by atoms with Crippen LogP contribution in [0.1, 0.15) is 0 Å². The van der Waals surface area contributed by atoms with Gasteiger partial charge in [0.2, 0.25) is 5.91 Å². The van der Waals surface area contributed by atoms with Crippen LogP contribution in [-0.4, -0.2) is 58.0 Å². The Kier molecular flexibility index (Phi) is 6.69. The molecule has 0 spiro atoms. The van der Waals surface area contributed by atoms with E-state index < -0.39 is 19.5 Å². The Morgan fingerprint density at radius 1 is 1.36 bits per heavy atom. The van der Waals surface area contributed by atoms with E-state index in [0.29, 0.717) is 18.8 Å². The molecule has 1 atom stereocenters. The number of nitrogens with two attached hydrogens (primary N) is 1. The first kappa shape index (κ1) is 19.6. The highest BCUT2D eigenvalue weighted by molar-refractivity contribution is 7.53. The molecule has 1 aromatic carbocycles. The Hall–Kier alpha value is -1.77. The van der Waals surface area contributed by atoms with Gasteiger partial charge >= 0.3 is 7.60 Å². The van der Waals surface area contributed by atoms with Crippen molar-refractivity contribution in [3.05, 3.63) is 24.3 Å². The monoisotopic (exact) mass is 371 g/mol. The number of carbonyl (C=O) groups excluding carboxylic acids is 2. The first-order valence-corrected chi connectivity index (χ1v) is 9.36. The van der Waals surface area contributed by atoms with Crippen molar-refractivity contribution < 1.29 is 27.9 Å². The lowest BCUT2D eigenvalue weighted by molar-refractivity contribution is -0.125. The van der Waals surface area contributed by atoms with Crippen molar-refractivity contribution in [1.82, 2.24) is 0 Å². The molecular weight excluding hydrogens is 349 g/mol. The van der Waals surface area contributed by atoms with Crippen LogP contribution in [-0.2, 0) is 27.9 Å². The third kappa shape index (κ3) is 5.10. The van der Waals surface area contributed by atoms with Gasteiger partial charge in [-0.2, -0.15) is 0 Å². The Morgan fingerprint density at radius 3 is 2.56 bits per heavy atom. The molecule has 1 aliphatic heterocycles. The molecule has 138 valence electrons. The summed E-state index contributed by atoms with van der Waals surface area (Å²) in [5.41, 5.74) is 6.99. The van der Waals surface area contributed by atoms with Gasteiger partial charge < -0.3 is 29.7 Å². The molecular formula is C15H22N3O6P. The van der Waals surface area contributed by atoms with Crippen molar-refractivity contribution in [3.8, 4) is 0 Å². The topological polar surface area (TPSA) is 120 Å². The number of morpholine rings is 1. The maximum Gasteiger partial charge on any atom is 0.332 e. The predicted octanol–water partition coefficient (Wildman–Crippen LogP) is 0.801. The van der Waals surface area contributed by atoms with Crippen LogP contribution in [0.2, 0.25) is 0 Å². The zero-order valence-electron chi connectivity index (χ0n) is 14.1. The fraction of sp³-hybridized carbons (Fsp3) is 0.467. The molecule has 1 aromatic rings. The van der Waals surface area contributed by atoms with Crippen LogP contribution in [0.4, 0.5) is 11.4 Å². The molecule has 0 saturated carbocycles. The van der Waals surface area contributed by atoms with Crippen molar-refractivity contribution in [3.63, 3.8) is 0 Å². The number of anilines is 2. The molecule has 25 heavy (non-hydrogen) atoms. The SMILES string of the molecule is COP(=O)(CC(N)C(=O)Nc1ccc(N2CCOCC2=O)cc1)OC. The summed E-state index contributed by atoms with van der Waals surface area (Å²) < 4.78 is 26.7. The van der Waals surface area contributed by atoms with Crippen LogP contribution >= 0.6 is 7.60 Å². The molecule has 9 nitrogen and oxygen atoms in total. The summed E-state index contributed by atoms with van der Waals surface area (Å²) >= 11 is 0. The number of amides is 2. The molecule has 1 saturated heterocycles. The van der Waals surface area contributed by atoms with Crippen LogP contribution in [0.3, 0.4) is 0 Å². The van der Waals surface area contributed by atoms with Crippen molar-refractivity contribution in [2.45, 2.75) is 6.04 Å². The molecule has 10 heteroatoms. The lowest BCUT2D eigenvalue weighted by Crippen LogP contribution is -2.41. The number of ether oxygens (including phenoxy) is 1. The fourth-order valence-corrected chi connectivity index (χ4v) is 3.39. The number of nitrogens with one attached hydrogen (secondary N) is 1. The maximum absolute atomic E-state index is 12.1. The summed E-state index contributed by atoms with van der Waals surface area (Å²) in [4.78, 5) is 25.5. The predicted molar refractivity (Wildman–Crippen MR) is 92.7 cm³/mol. The van der Waals surface area contributed by atoms with E-state index >= 15 is 0 Å². The summed E-state index contributed by atoms with van der Waals surface area (Å²) in [6.07, 6.45) is -0.230. The van der Waals surface area contributed by atoms with Gasteiger partial charge in [-0.25, -0.2) is 0 Å². The maximum atomic E-state index is 12.1. The molecule has 3 N–H and O–H groups in total. The summed E-state index contributed by atoms with van der Waals surface area (Å²) in [5.74, 6) is -0.621. The average molecular weight is 371 g/mol. The highest BCUT2D eigenvalue weighted by Gasteiger charge is 2.28. The quantitative estimate of drug-likeness (QED) is 0.680. The van der Waals surface area contributed by atoms with E-state index in [1.807, 2.05) is 0 Å². The summed E-state index contributed by atoms with van der Waals surface area (Å²) in [6, 6.07) is 5.72. The van der Waals surface area contributed by atoms with Crippen molar-refractivity contribution in [1.29, 1.82) is 0 Å². The van der Waals surface area contributed by atoms with Crippen molar-refractivity contribution in [2.75, 3.05) is 50.4 Å². The highest BCUT2D eigenvalue weighted by atomic mass is 31.2. The molecule has 0 radical (unpaired) electrons. The minimum Gasteiger partial charge on any atom is -0.370 e. The minimum absolute atomic E-state index is 0.0619. The van der Waals surface area contributed by atoms with E-state index in [1.165, 1.54) is 14.2 Å². The number of hydrogen-bond donors (Lipinski definition) is 2. The molecule has 1 aliphatic rings. The van der Waals surface area contributed by atoms with Gasteiger partial charge in [0.15, 0.2) is 0 Å². The second-order valence-corrected chi connectivity index (χ2v) is 7.72. The van der Waals surface area contributed by atoms with Gasteiger partial charge in [-0.1, -0.05) is 0 Å². The van der Waals surface area contributed by atoms with E-state index in [-0.39, 0.29) is 18.7 Å². The van der Waals surface area contributed by atoms with Crippen LogP contribution in [0, 0.1) is 0 Å². The lowest BCUT2D eigenvalue weighted by Gasteiger charge is -2.27. The second-order valence-electron chi connectivity index (χ2n) is 5.40. The molecule has 2 amide bonds. The highest BCUT2D eigenvalue weighted by Crippen LogP contribution is 2.46. The number of rotatable bonds is 7. The van der Waals surface area contributed by atoms with E-state index in [2.05, 4.69) is 5.32 Å². The Morgan fingerprint density at radius 2 is 2.00 bits per heavy atom. The molecule has 0 bridgehead atoms. The Balaban J connectivity index is 1.97. The smallest absolute Gasteiger partial charge is 0.332 e. The third-order valence-corrected chi connectivity index (χ3v) is 5.70. The number of nitrogens with zero attached hydrogens (tertiary/aromatic N) is 1. The van der Waals surface area contributed by atoms with E-state index in [1.54, 1.807) is 29.2 Å². The first-order chi connectivity index (χ1) is 11.9. The number of benzene rings is 1. The zero-order chi connectivity index (χ0) is 18.4. The second kappa shape index (κ2) is 8.55. The van der Waals surface area contributed by atoms with Crippen LogP contribution in [0.5, 0.6) is 0 Å². The largest absolute Gasteiger partial charge is 0.370 e. The van der Waals surface area contributed by atoms with Gasteiger partial charge in [-0.3, -0.25) is 14.2 Å². The van der Waals surface area contributed by atoms with Crippen molar-refractivity contribution in [2.24, 2.45) is 5.73 Å². The molecule has 1 heterocycles. The molecule has 0 aliphatic carbocycles. The molecule has 0 aromatic heterocycles. The Bertz CT molecular complexity index is 658. The standard InChI is InChI=1S/C15H22N3O6P/c1-22-25(21,23-2)10-13(16)15(20)17-11-3-5-12(6-4-11)18-7-8-24-9-14(18)19/h3-6,13H,7-10,16H2,1-2H3,(H,17,20). The molecule has 2 rings (SSSR count). The van der Waals surface area contributed by atoms with Crippen LogP contribution in [0.15, 0.2) is 24.3 Å². The van der Waals surface area contributed by atoms with Crippen LogP contribution < -0.4 is 16.0 Å². The average Bonchev–Trinajstić information content (AvgIpc) is 2.62.